The van der Waals surface area contributed by atoms with Crippen LogP contribution >= 0.6 is 0 Å². The Kier molecular flexibility index (Phi) is 7.51. The first kappa shape index (κ1) is 26.7. The summed E-state index contributed by atoms with van der Waals surface area (Å²) in [5.41, 5.74) is 1.06. The molecular weight excluding hydrogens is 525 g/mol. The normalized spacial score (nSPS) is 19.8. The van der Waals surface area contributed by atoms with Crippen LogP contribution in [0.25, 0.3) is 0 Å². The Bertz CT molecular complexity index is 1250. The van der Waals surface area contributed by atoms with E-state index in [9.17, 15) is 21.6 Å². The highest BCUT2D eigenvalue weighted by Crippen LogP contribution is 2.30. The second kappa shape index (κ2) is 10.7. The number of hydrogen-bond acceptors (Lipinski definition) is 9. The number of amidine groups is 1. The molecule has 0 unspecified atom stereocenters. The molecule has 1 aromatic carbocycles. The lowest BCUT2D eigenvalue weighted by Crippen LogP contribution is -2.49. The Morgan fingerprint density at radius 2 is 1.55 bits per heavy atom. The summed E-state index contributed by atoms with van der Waals surface area (Å²) in [6, 6.07) is 7.88. The maximum absolute atomic E-state index is 13.2. The van der Waals surface area contributed by atoms with Crippen LogP contribution in [0.5, 0.6) is 5.75 Å². The van der Waals surface area contributed by atoms with Crippen molar-refractivity contribution in [3.63, 3.8) is 0 Å². The predicted molar refractivity (Wildman–Crippen MR) is 135 cm³/mol. The summed E-state index contributed by atoms with van der Waals surface area (Å²) in [5.74, 6) is 0.546. The Labute approximate surface area is 219 Å². The fourth-order valence-corrected chi connectivity index (χ4v) is 5.74. The number of benzene rings is 1. The van der Waals surface area contributed by atoms with Crippen molar-refractivity contribution >= 4 is 21.5 Å². The molecule has 11 nitrogen and oxygen atoms in total. The fourth-order valence-electron chi connectivity index (χ4n) is 4.91. The van der Waals surface area contributed by atoms with Gasteiger partial charge in [-0.2, -0.15) is 27.3 Å². The smallest absolute Gasteiger partial charge is 0.453 e. The molecule has 1 aromatic heterocycles. The molecule has 2 saturated heterocycles. The molecule has 3 aliphatic rings. The van der Waals surface area contributed by atoms with Gasteiger partial charge in [0.15, 0.2) is 5.82 Å². The van der Waals surface area contributed by atoms with E-state index < -0.39 is 22.0 Å². The van der Waals surface area contributed by atoms with Gasteiger partial charge in [-0.1, -0.05) is 0 Å². The highest BCUT2D eigenvalue weighted by Gasteiger charge is 2.40. The van der Waals surface area contributed by atoms with E-state index in [0.717, 1.165) is 35.7 Å². The van der Waals surface area contributed by atoms with Gasteiger partial charge in [-0.05, 0) is 24.3 Å². The number of aryl methyl sites for hydroxylation is 1. The molecule has 5 rings (SSSR count). The summed E-state index contributed by atoms with van der Waals surface area (Å²) in [7, 11) is -3.13. The van der Waals surface area contributed by atoms with Gasteiger partial charge >= 0.3 is 6.18 Å². The number of rotatable bonds is 6. The van der Waals surface area contributed by atoms with E-state index in [1.165, 1.54) is 10.6 Å². The van der Waals surface area contributed by atoms with Crippen LogP contribution in [0.1, 0.15) is 18.1 Å². The average Bonchev–Trinajstić information content (AvgIpc) is 3.33. The first-order valence-electron chi connectivity index (χ1n) is 12.6. The number of piperazine rings is 2. The largest absolute Gasteiger partial charge is 0.492 e. The molecular formula is C23H31F3N8O3S. The standard InChI is InChI=1S/C23H31F3N8O3S/c1-38(35,36)33-14-8-30(9-15-33)16-17-37-19-4-2-18(3-5-19)31-10-12-32(13-11-31)21-7-6-20-27-28-22(23(24,25)26)34(20)29-21/h2-5H,6-17H2,1H3. The van der Waals surface area contributed by atoms with Crippen molar-refractivity contribution in [2.75, 3.05) is 76.7 Å². The van der Waals surface area contributed by atoms with E-state index in [1.807, 2.05) is 29.2 Å². The van der Waals surface area contributed by atoms with E-state index in [0.29, 0.717) is 64.6 Å². The van der Waals surface area contributed by atoms with Crippen LogP contribution in [0.2, 0.25) is 0 Å². The maximum atomic E-state index is 13.2. The molecule has 15 heteroatoms. The van der Waals surface area contributed by atoms with Gasteiger partial charge in [-0.15, -0.1) is 10.2 Å². The van der Waals surface area contributed by atoms with Crippen LogP contribution in [-0.2, 0) is 22.6 Å². The topological polar surface area (TPSA) is 99.4 Å². The Morgan fingerprint density at radius 3 is 2.18 bits per heavy atom. The van der Waals surface area contributed by atoms with Gasteiger partial charge in [0.05, 0.1) is 6.26 Å². The molecule has 0 aliphatic carbocycles. The molecule has 0 saturated carbocycles. The SMILES string of the molecule is CS(=O)(=O)N1CCN(CCOc2ccc(N3CCN(C4=Nn5c(nnc5C(F)(F)F)CC4)CC3)cc2)CC1. The summed E-state index contributed by atoms with van der Waals surface area (Å²) < 4.78 is 71.1. The zero-order valence-electron chi connectivity index (χ0n) is 21.1. The fraction of sp³-hybridized carbons (Fsp3) is 0.609. The Balaban J connectivity index is 1.08. The minimum Gasteiger partial charge on any atom is -0.492 e. The highest BCUT2D eigenvalue weighted by molar-refractivity contribution is 7.88. The molecule has 2 aromatic rings. The zero-order valence-corrected chi connectivity index (χ0v) is 22.0. The van der Waals surface area contributed by atoms with Crippen LogP contribution in [0.15, 0.2) is 29.4 Å². The molecule has 0 spiro atoms. The lowest BCUT2D eigenvalue weighted by Gasteiger charge is -2.38. The molecule has 0 amide bonds. The van der Waals surface area contributed by atoms with Crippen molar-refractivity contribution in [2.45, 2.75) is 19.0 Å². The van der Waals surface area contributed by atoms with Crippen LogP contribution in [-0.4, -0.2) is 115 Å². The molecule has 0 N–H and O–H groups in total. The van der Waals surface area contributed by atoms with E-state index in [1.54, 1.807) is 0 Å². The number of anilines is 1. The maximum Gasteiger partial charge on any atom is 0.453 e. The third-order valence-electron chi connectivity index (χ3n) is 7.07. The van der Waals surface area contributed by atoms with E-state index in [-0.39, 0.29) is 5.82 Å². The van der Waals surface area contributed by atoms with Gasteiger partial charge in [0.2, 0.25) is 10.0 Å². The lowest BCUT2D eigenvalue weighted by atomic mass is 10.2. The third-order valence-corrected chi connectivity index (χ3v) is 8.37. The molecule has 0 radical (unpaired) electrons. The minimum absolute atomic E-state index is 0.233. The number of sulfonamides is 1. The second-order valence-electron chi connectivity index (χ2n) is 9.59. The monoisotopic (exact) mass is 556 g/mol. The summed E-state index contributed by atoms with van der Waals surface area (Å²) in [4.78, 5) is 6.46. The molecule has 38 heavy (non-hydrogen) atoms. The van der Waals surface area contributed by atoms with Gasteiger partial charge in [0.1, 0.15) is 18.2 Å². The zero-order chi connectivity index (χ0) is 26.9. The summed E-state index contributed by atoms with van der Waals surface area (Å²) >= 11 is 0. The lowest BCUT2D eigenvalue weighted by molar-refractivity contribution is -0.147. The Hall–Kier alpha value is -2.91. The molecule has 4 heterocycles. The van der Waals surface area contributed by atoms with Gasteiger partial charge in [-0.25, -0.2) is 8.42 Å². The van der Waals surface area contributed by atoms with Gasteiger partial charge in [0, 0.05) is 77.4 Å². The summed E-state index contributed by atoms with van der Waals surface area (Å²) in [5, 5.41) is 11.1. The number of nitrogens with zero attached hydrogens (tertiary/aromatic N) is 8. The molecule has 208 valence electrons. The number of aromatic nitrogens is 3. The first-order valence-corrected chi connectivity index (χ1v) is 14.4. The molecule has 0 bridgehead atoms. The number of hydrogen-bond donors (Lipinski definition) is 0. The molecule has 3 aliphatic heterocycles. The van der Waals surface area contributed by atoms with E-state index >= 15 is 0 Å². The van der Waals surface area contributed by atoms with Crippen LogP contribution in [0.3, 0.4) is 0 Å². The second-order valence-corrected chi connectivity index (χ2v) is 11.6. The quantitative estimate of drug-likeness (QED) is 0.523. The van der Waals surface area contributed by atoms with Gasteiger partial charge in [-0.3, -0.25) is 4.90 Å². The van der Waals surface area contributed by atoms with E-state index in [4.69, 9.17) is 4.74 Å². The van der Waals surface area contributed by atoms with Crippen molar-refractivity contribution in [2.24, 2.45) is 5.10 Å². The summed E-state index contributed by atoms with van der Waals surface area (Å²) in [6.45, 7) is 6.39. The number of halogens is 3. The Morgan fingerprint density at radius 1 is 0.895 bits per heavy atom. The third kappa shape index (κ3) is 6.04. The van der Waals surface area contributed by atoms with E-state index in [2.05, 4.69) is 25.1 Å². The van der Waals surface area contributed by atoms with Crippen LogP contribution in [0.4, 0.5) is 18.9 Å². The van der Waals surface area contributed by atoms with Crippen molar-refractivity contribution < 1.29 is 26.3 Å². The number of ether oxygens (including phenoxy) is 1. The van der Waals surface area contributed by atoms with Crippen molar-refractivity contribution in [1.29, 1.82) is 0 Å². The van der Waals surface area contributed by atoms with Crippen molar-refractivity contribution in [3.05, 3.63) is 35.9 Å². The first-order chi connectivity index (χ1) is 18.1. The predicted octanol–water partition coefficient (Wildman–Crippen LogP) is 1.18. The molecule has 2 fully saturated rings. The van der Waals surface area contributed by atoms with Crippen LogP contribution < -0.4 is 9.64 Å². The van der Waals surface area contributed by atoms with Crippen molar-refractivity contribution in [3.8, 4) is 5.75 Å². The van der Waals surface area contributed by atoms with Gasteiger partial charge in [0.25, 0.3) is 5.82 Å². The van der Waals surface area contributed by atoms with Gasteiger partial charge < -0.3 is 14.5 Å². The number of fused-ring (bicyclic) bond motifs is 1. The van der Waals surface area contributed by atoms with Crippen LogP contribution in [0, 0.1) is 0 Å². The average molecular weight is 557 g/mol. The molecule has 0 atom stereocenters. The minimum atomic E-state index is -4.60. The summed E-state index contributed by atoms with van der Waals surface area (Å²) in [6.07, 6.45) is -2.44. The highest BCUT2D eigenvalue weighted by atomic mass is 32.2. The number of alkyl halides is 3. The van der Waals surface area contributed by atoms with Crippen molar-refractivity contribution in [1.82, 2.24) is 29.0 Å².